The zero-order chi connectivity index (χ0) is 12.9. The van der Waals surface area contributed by atoms with Gasteiger partial charge >= 0.3 is 0 Å². The number of ether oxygens (including phenoxy) is 1. The second kappa shape index (κ2) is 6.14. The zero-order valence-electron chi connectivity index (χ0n) is 11.2. The van der Waals surface area contributed by atoms with E-state index in [9.17, 15) is 5.11 Å². The van der Waals surface area contributed by atoms with Crippen LogP contribution in [0.3, 0.4) is 0 Å². The molecule has 5 heteroatoms. The first-order valence-corrected chi connectivity index (χ1v) is 5.86. The average molecular weight is 241 g/mol. The fourth-order valence-corrected chi connectivity index (χ4v) is 1.70. The molecule has 0 aliphatic carbocycles. The number of aromatic nitrogens is 2. The smallest absolute Gasteiger partial charge is 0.0765 e. The Bertz CT molecular complexity index is 348. The maximum atomic E-state index is 10.0. The van der Waals surface area contributed by atoms with E-state index in [0.717, 1.165) is 11.4 Å². The Morgan fingerprint density at radius 3 is 2.82 bits per heavy atom. The van der Waals surface area contributed by atoms with Crippen LogP contribution in [-0.2, 0) is 18.3 Å². The number of methoxy groups -OCH3 is 1. The van der Waals surface area contributed by atoms with Gasteiger partial charge < -0.3 is 15.2 Å². The summed E-state index contributed by atoms with van der Waals surface area (Å²) in [6.07, 6.45) is 0.626. The first kappa shape index (κ1) is 14.2. The van der Waals surface area contributed by atoms with Gasteiger partial charge in [-0.05, 0) is 19.9 Å². The minimum atomic E-state index is -0.732. The van der Waals surface area contributed by atoms with Gasteiger partial charge in [0.15, 0.2) is 0 Å². The van der Waals surface area contributed by atoms with E-state index in [2.05, 4.69) is 10.4 Å². The van der Waals surface area contributed by atoms with Gasteiger partial charge in [0.25, 0.3) is 0 Å². The van der Waals surface area contributed by atoms with Gasteiger partial charge in [-0.25, -0.2) is 0 Å². The first-order valence-electron chi connectivity index (χ1n) is 5.86. The van der Waals surface area contributed by atoms with Crippen molar-refractivity contribution in [2.75, 3.05) is 20.3 Å². The molecule has 0 saturated heterocycles. The van der Waals surface area contributed by atoms with Gasteiger partial charge in [-0.3, -0.25) is 4.68 Å². The fourth-order valence-electron chi connectivity index (χ4n) is 1.70. The molecule has 0 aromatic carbocycles. The van der Waals surface area contributed by atoms with Crippen molar-refractivity contribution in [1.29, 1.82) is 0 Å². The SMILES string of the molecule is COCCC(C)(O)CNCc1cc(C)nn1C. The minimum Gasteiger partial charge on any atom is -0.389 e. The Kier molecular flexibility index (Phi) is 5.11. The topological polar surface area (TPSA) is 59.3 Å². The van der Waals surface area contributed by atoms with Gasteiger partial charge in [-0.2, -0.15) is 5.10 Å². The van der Waals surface area contributed by atoms with Gasteiger partial charge in [0.05, 0.1) is 17.0 Å². The third-order valence-electron chi connectivity index (χ3n) is 2.76. The molecular weight excluding hydrogens is 218 g/mol. The van der Waals surface area contributed by atoms with Crippen LogP contribution in [0.2, 0.25) is 0 Å². The molecule has 0 aliphatic rings. The Balaban J connectivity index is 2.34. The summed E-state index contributed by atoms with van der Waals surface area (Å²) in [6.45, 7) is 5.60. The summed E-state index contributed by atoms with van der Waals surface area (Å²) < 4.78 is 6.82. The van der Waals surface area contributed by atoms with Crippen LogP contribution in [0, 0.1) is 6.92 Å². The van der Waals surface area contributed by atoms with Crippen molar-refractivity contribution >= 4 is 0 Å². The summed E-state index contributed by atoms with van der Waals surface area (Å²) in [7, 11) is 3.56. The van der Waals surface area contributed by atoms with Gasteiger partial charge in [0, 0.05) is 40.3 Å². The Labute approximate surface area is 103 Å². The lowest BCUT2D eigenvalue weighted by molar-refractivity contribution is 0.0246. The van der Waals surface area contributed by atoms with Crippen LogP contribution in [0.1, 0.15) is 24.7 Å². The monoisotopic (exact) mass is 241 g/mol. The maximum absolute atomic E-state index is 10.0. The molecule has 0 radical (unpaired) electrons. The molecule has 0 spiro atoms. The lowest BCUT2D eigenvalue weighted by atomic mass is 10.0. The molecule has 5 nitrogen and oxygen atoms in total. The van der Waals surface area contributed by atoms with E-state index in [1.165, 1.54) is 0 Å². The van der Waals surface area contributed by atoms with Crippen molar-refractivity contribution in [3.8, 4) is 0 Å². The summed E-state index contributed by atoms with van der Waals surface area (Å²) in [6, 6.07) is 2.04. The minimum absolute atomic E-state index is 0.542. The van der Waals surface area contributed by atoms with Crippen LogP contribution in [0.4, 0.5) is 0 Å². The number of nitrogens with zero attached hydrogens (tertiary/aromatic N) is 2. The van der Waals surface area contributed by atoms with Crippen LogP contribution in [0.25, 0.3) is 0 Å². The number of aliphatic hydroxyl groups is 1. The average Bonchev–Trinajstić information content (AvgIpc) is 2.55. The van der Waals surface area contributed by atoms with E-state index in [0.29, 0.717) is 26.1 Å². The quantitative estimate of drug-likeness (QED) is 0.734. The number of nitrogens with one attached hydrogen (secondary N) is 1. The van der Waals surface area contributed by atoms with E-state index < -0.39 is 5.60 Å². The van der Waals surface area contributed by atoms with E-state index in [1.54, 1.807) is 7.11 Å². The summed E-state index contributed by atoms with van der Waals surface area (Å²) in [5, 5.41) is 17.5. The van der Waals surface area contributed by atoms with E-state index in [-0.39, 0.29) is 0 Å². The molecule has 1 aromatic heterocycles. The third kappa shape index (κ3) is 4.85. The second-order valence-corrected chi connectivity index (χ2v) is 4.74. The molecule has 0 saturated carbocycles. The second-order valence-electron chi connectivity index (χ2n) is 4.74. The highest BCUT2D eigenvalue weighted by Gasteiger charge is 2.19. The van der Waals surface area contributed by atoms with Crippen LogP contribution in [0.15, 0.2) is 6.07 Å². The van der Waals surface area contributed by atoms with Crippen LogP contribution >= 0.6 is 0 Å². The summed E-state index contributed by atoms with van der Waals surface area (Å²) in [5.74, 6) is 0. The maximum Gasteiger partial charge on any atom is 0.0765 e. The van der Waals surface area contributed by atoms with Crippen molar-refractivity contribution in [2.45, 2.75) is 32.4 Å². The van der Waals surface area contributed by atoms with Gasteiger partial charge in [0.1, 0.15) is 0 Å². The summed E-state index contributed by atoms with van der Waals surface area (Å²) in [4.78, 5) is 0. The summed E-state index contributed by atoms with van der Waals surface area (Å²) in [5.41, 5.74) is 1.39. The van der Waals surface area contributed by atoms with Crippen molar-refractivity contribution in [3.63, 3.8) is 0 Å². The van der Waals surface area contributed by atoms with Gasteiger partial charge in [-0.1, -0.05) is 0 Å². The molecule has 17 heavy (non-hydrogen) atoms. The van der Waals surface area contributed by atoms with Crippen molar-refractivity contribution in [3.05, 3.63) is 17.5 Å². The molecular formula is C12H23N3O2. The van der Waals surface area contributed by atoms with E-state index in [1.807, 2.05) is 31.6 Å². The van der Waals surface area contributed by atoms with Crippen LogP contribution in [0.5, 0.6) is 0 Å². The number of rotatable bonds is 7. The molecule has 1 heterocycles. The lowest BCUT2D eigenvalue weighted by Gasteiger charge is -2.23. The van der Waals surface area contributed by atoms with Crippen molar-refractivity contribution in [1.82, 2.24) is 15.1 Å². The Morgan fingerprint density at radius 1 is 1.59 bits per heavy atom. The molecule has 1 atom stereocenters. The fraction of sp³-hybridized carbons (Fsp3) is 0.750. The molecule has 98 valence electrons. The normalized spacial score (nSPS) is 14.9. The van der Waals surface area contributed by atoms with Gasteiger partial charge in [-0.15, -0.1) is 0 Å². The highest BCUT2D eigenvalue weighted by Crippen LogP contribution is 2.08. The zero-order valence-corrected chi connectivity index (χ0v) is 11.2. The lowest BCUT2D eigenvalue weighted by Crippen LogP contribution is -2.38. The molecule has 0 aliphatic heterocycles. The summed E-state index contributed by atoms with van der Waals surface area (Å²) >= 11 is 0. The van der Waals surface area contributed by atoms with Gasteiger partial charge in [0.2, 0.25) is 0 Å². The first-order chi connectivity index (χ1) is 7.94. The highest BCUT2D eigenvalue weighted by atomic mass is 16.5. The van der Waals surface area contributed by atoms with Crippen molar-refractivity contribution in [2.24, 2.45) is 7.05 Å². The number of aryl methyl sites for hydroxylation is 2. The largest absolute Gasteiger partial charge is 0.389 e. The van der Waals surface area contributed by atoms with Crippen LogP contribution < -0.4 is 5.32 Å². The standard InChI is InChI=1S/C12H23N3O2/c1-10-7-11(15(3)14-10)8-13-9-12(2,16)5-6-17-4/h7,13,16H,5-6,8-9H2,1-4H3. The molecule has 1 aromatic rings. The molecule has 0 amide bonds. The van der Waals surface area contributed by atoms with E-state index in [4.69, 9.17) is 4.74 Å². The molecule has 0 fully saturated rings. The number of hydrogen-bond acceptors (Lipinski definition) is 4. The van der Waals surface area contributed by atoms with Crippen LogP contribution in [-0.4, -0.2) is 40.7 Å². The predicted molar refractivity (Wildman–Crippen MR) is 66.8 cm³/mol. The molecule has 2 N–H and O–H groups in total. The predicted octanol–water partition coefficient (Wildman–Crippen LogP) is 0.606. The molecule has 1 rings (SSSR count). The Morgan fingerprint density at radius 2 is 2.29 bits per heavy atom. The number of hydrogen-bond donors (Lipinski definition) is 2. The van der Waals surface area contributed by atoms with E-state index >= 15 is 0 Å². The van der Waals surface area contributed by atoms with Crippen molar-refractivity contribution < 1.29 is 9.84 Å². The third-order valence-corrected chi connectivity index (χ3v) is 2.76. The Hall–Kier alpha value is -0.910. The highest BCUT2D eigenvalue weighted by molar-refractivity contribution is 5.08. The molecule has 0 bridgehead atoms. The molecule has 1 unspecified atom stereocenters.